The first-order chi connectivity index (χ1) is 10.1. The van der Waals surface area contributed by atoms with Gasteiger partial charge in [-0.3, -0.25) is 0 Å². The molecule has 1 aromatic carbocycles. The van der Waals surface area contributed by atoms with E-state index in [0.717, 1.165) is 11.4 Å². The van der Waals surface area contributed by atoms with E-state index in [2.05, 4.69) is 4.98 Å². The van der Waals surface area contributed by atoms with Crippen LogP contribution < -0.4 is 0 Å². The van der Waals surface area contributed by atoms with Gasteiger partial charge in [0.25, 0.3) is 0 Å². The number of aromatic nitrogens is 1. The van der Waals surface area contributed by atoms with E-state index in [4.69, 9.17) is 0 Å². The summed E-state index contributed by atoms with van der Waals surface area (Å²) >= 11 is 1.56. The standard InChI is InChI=1S/C15H20N2O2S2/c1-17(11-9-15-16-10-12-20-15)21(18,19)13-5-8-14-6-3-2-4-7-14/h2-4,6-7,10,12H,5,8-9,11,13H2,1H3. The van der Waals surface area contributed by atoms with Crippen LogP contribution in [0.2, 0.25) is 0 Å². The van der Waals surface area contributed by atoms with Crippen LogP contribution in [0.4, 0.5) is 0 Å². The molecule has 4 nitrogen and oxygen atoms in total. The number of sulfonamides is 1. The minimum Gasteiger partial charge on any atom is -0.250 e. The number of hydrogen-bond acceptors (Lipinski definition) is 4. The Balaban J connectivity index is 1.77. The Morgan fingerprint density at radius 2 is 1.95 bits per heavy atom. The topological polar surface area (TPSA) is 50.3 Å². The van der Waals surface area contributed by atoms with Gasteiger partial charge >= 0.3 is 0 Å². The second kappa shape index (κ2) is 7.68. The summed E-state index contributed by atoms with van der Waals surface area (Å²) < 4.78 is 25.8. The average molecular weight is 324 g/mol. The van der Waals surface area contributed by atoms with Crippen LogP contribution in [0.1, 0.15) is 17.0 Å². The monoisotopic (exact) mass is 324 g/mol. The summed E-state index contributed by atoms with van der Waals surface area (Å²) in [6, 6.07) is 9.97. The van der Waals surface area contributed by atoms with E-state index in [-0.39, 0.29) is 5.75 Å². The predicted octanol–water partition coefficient (Wildman–Crippen LogP) is 2.58. The van der Waals surface area contributed by atoms with Crippen LogP contribution in [-0.4, -0.2) is 37.1 Å². The fraction of sp³-hybridized carbons (Fsp3) is 0.400. The Morgan fingerprint density at radius 1 is 1.19 bits per heavy atom. The largest absolute Gasteiger partial charge is 0.250 e. The molecule has 0 unspecified atom stereocenters. The molecule has 0 fully saturated rings. The van der Waals surface area contributed by atoms with Crippen molar-refractivity contribution in [2.24, 2.45) is 0 Å². The minimum absolute atomic E-state index is 0.191. The van der Waals surface area contributed by atoms with Gasteiger partial charge in [-0.1, -0.05) is 30.3 Å². The van der Waals surface area contributed by atoms with Gasteiger partial charge in [-0.25, -0.2) is 17.7 Å². The van der Waals surface area contributed by atoms with Gasteiger partial charge in [0, 0.05) is 31.6 Å². The van der Waals surface area contributed by atoms with Crippen molar-refractivity contribution in [3.8, 4) is 0 Å². The van der Waals surface area contributed by atoms with Gasteiger partial charge in [0.15, 0.2) is 0 Å². The maximum Gasteiger partial charge on any atom is 0.213 e. The maximum atomic E-state index is 12.2. The molecule has 2 aromatic rings. The first-order valence-corrected chi connectivity index (χ1v) is 9.43. The van der Waals surface area contributed by atoms with Gasteiger partial charge in [-0.2, -0.15) is 0 Å². The molecule has 21 heavy (non-hydrogen) atoms. The van der Waals surface area contributed by atoms with Crippen molar-refractivity contribution < 1.29 is 8.42 Å². The van der Waals surface area contributed by atoms with Gasteiger partial charge < -0.3 is 0 Å². The third-order valence-corrected chi connectivity index (χ3v) is 6.09. The highest BCUT2D eigenvalue weighted by atomic mass is 32.2. The van der Waals surface area contributed by atoms with E-state index >= 15 is 0 Å². The van der Waals surface area contributed by atoms with E-state index in [0.29, 0.717) is 19.4 Å². The van der Waals surface area contributed by atoms with Crippen LogP contribution in [0.5, 0.6) is 0 Å². The zero-order chi connectivity index (χ0) is 15.1. The molecule has 0 aliphatic carbocycles. The molecule has 0 aliphatic rings. The number of benzene rings is 1. The Kier molecular flexibility index (Phi) is 5.90. The molecule has 6 heteroatoms. The maximum absolute atomic E-state index is 12.2. The van der Waals surface area contributed by atoms with Crippen LogP contribution in [0.15, 0.2) is 41.9 Å². The zero-order valence-electron chi connectivity index (χ0n) is 12.1. The number of hydrogen-bond donors (Lipinski definition) is 0. The third kappa shape index (κ3) is 5.22. The molecule has 114 valence electrons. The van der Waals surface area contributed by atoms with E-state index < -0.39 is 10.0 Å². The predicted molar refractivity (Wildman–Crippen MR) is 87.0 cm³/mol. The lowest BCUT2D eigenvalue weighted by Crippen LogP contribution is -2.31. The van der Waals surface area contributed by atoms with Crippen molar-refractivity contribution in [2.45, 2.75) is 19.3 Å². The first kappa shape index (κ1) is 16.1. The fourth-order valence-corrected chi connectivity index (χ4v) is 3.83. The molecular formula is C15H20N2O2S2. The normalized spacial score (nSPS) is 11.9. The van der Waals surface area contributed by atoms with Crippen LogP contribution in [0, 0.1) is 0 Å². The molecular weight excluding hydrogens is 304 g/mol. The summed E-state index contributed by atoms with van der Waals surface area (Å²) in [7, 11) is -1.53. The third-order valence-electron chi connectivity index (χ3n) is 3.31. The fourth-order valence-electron chi connectivity index (χ4n) is 2.03. The molecule has 0 atom stereocenters. The van der Waals surface area contributed by atoms with Crippen LogP contribution in [-0.2, 0) is 22.9 Å². The lowest BCUT2D eigenvalue weighted by atomic mass is 10.1. The Bertz CT molecular complexity index is 625. The van der Waals surface area contributed by atoms with Gasteiger partial charge in [0.2, 0.25) is 10.0 Å². The molecule has 1 aromatic heterocycles. The quantitative estimate of drug-likeness (QED) is 0.750. The lowest BCUT2D eigenvalue weighted by Gasteiger charge is -2.16. The summed E-state index contributed by atoms with van der Waals surface area (Å²) in [5.74, 6) is 0.191. The zero-order valence-corrected chi connectivity index (χ0v) is 13.7. The van der Waals surface area contributed by atoms with Crippen molar-refractivity contribution in [1.29, 1.82) is 0 Å². The number of thiazole rings is 1. The lowest BCUT2D eigenvalue weighted by molar-refractivity contribution is 0.471. The number of likely N-dealkylation sites (N-methyl/N-ethyl adjacent to an activating group) is 1. The van der Waals surface area contributed by atoms with Crippen molar-refractivity contribution in [3.05, 3.63) is 52.5 Å². The van der Waals surface area contributed by atoms with Crippen LogP contribution in [0.3, 0.4) is 0 Å². The number of nitrogens with zero attached hydrogens (tertiary/aromatic N) is 2. The average Bonchev–Trinajstić information content (AvgIpc) is 2.99. The van der Waals surface area contributed by atoms with E-state index in [1.165, 1.54) is 9.87 Å². The minimum atomic E-state index is -3.17. The SMILES string of the molecule is CN(CCc1nccs1)S(=O)(=O)CCCc1ccccc1. The second-order valence-corrected chi connectivity index (χ2v) is 8.08. The molecule has 2 rings (SSSR count). The summed E-state index contributed by atoms with van der Waals surface area (Å²) in [4.78, 5) is 4.17. The molecule has 0 spiro atoms. The van der Waals surface area contributed by atoms with Crippen LogP contribution in [0.25, 0.3) is 0 Å². The smallest absolute Gasteiger partial charge is 0.213 e. The highest BCUT2D eigenvalue weighted by Gasteiger charge is 2.17. The van der Waals surface area contributed by atoms with Gasteiger partial charge in [0.1, 0.15) is 0 Å². The number of aryl methyl sites for hydroxylation is 1. The molecule has 0 saturated carbocycles. The van der Waals surface area contributed by atoms with Gasteiger partial charge in [-0.15, -0.1) is 11.3 Å². The highest BCUT2D eigenvalue weighted by Crippen LogP contribution is 2.09. The van der Waals surface area contributed by atoms with E-state index in [1.54, 1.807) is 24.6 Å². The molecule has 0 saturated heterocycles. The molecule has 0 radical (unpaired) electrons. The molecule has 0 bridgehead atoms. The summed E-state index contributed by atoms with van der Waals surface area (Å²) in [6.07, 6.45) is 3.86. The molecule has 0 N–H and O–H groups in total. The van der Waals surface area contributed by atoms with E-state index in [1.807, 2.05) is 35.7 Å². The van der Waals surface area contributed by atoms with Gasteiger partial charge in [-0.05, 0) is 18.4 Å². The Morgan fingerprint density at radius 3 is 2.62 bits per heavy atom. The van der Waals surface area contributed by atoms with Crippen molar-refractivity contribution in [2.75, 3.05) is 19.3 Å². The molecule has 0 aliphatic heterocycles. The molecule has 0 amide bonds. The molecule has 1 heterocycles. The summed E-state index contributed by atoms with van der Waals surface area (Å²) in [5, 5.41) is 2.88. The Hall–Kier alpha value is -1.24. The van der Waals surface area contributed by atoms with E-state index in [9.17, 15) is 8.42 Å². The van der Waals surface area contributed by atoms with Crippen LogP contribution >= 0.6 is 11.3 Å². The van der Waals surface area contributed by atoms with Gasteiger partial charge in [0.05, 0.1) is 10.8 Å². The highest BCUT2D eigenvalue weighted by molar-refractivity contribution is 7.89. The Labute approximate surface area is 130 Å². The van der Waals surface area contributed by atoms with Crippen molar-refractivity contribution in [3.63, 3.8) is 0 Å². The van der Waals surface area contributed by atoms with Crippen molar-refractivity contribution >= 4 is 21.4 Å². The second-order valence-electron chi connectivity index (χ2n) is 4.90. The first-order valence-electron chi connectivity index (χ1n) is 6.94. The van der Waals surface area contributed by atoms with Crippen molar-refractivity contribution in [1.82, 2.24) is 9.29 Å². The summed E-state index contributed by atoms with van der Waals surface area (Å²) in [5.41, 5.74) is 1.18. The number of rotatable bonds is 8. The summed E-state index contributed by atoms with van der Waals surface area (Å²) in [6.45, 7) is 0.487.